The number of hydrogen-bond donors (Lipinski definition) is 2. The number of nitrogens with one attached hydrogen (secondary N) is 2. The summed E-state index contributed by atoms with van der Waals surface area (Å²) < 4.78 is 5.10. The zero-order valence-electron chi connectivity index (χ0n) is 7.43. The molecule has 0 spiro atoms. The Kier molecular flexibility index (Phi) is 3.87. The predicted octanol–water partition coefficient (Wildman–Crippen LogP) is 0.484. The number of hydrogen-bond acceptors (Lipinski definition) is 3. The molecule has 1 atom stereocenters. The van der Waals surface area contributed by atoms with Crippen molar-refractivity contribution in [2.75, 3.05) is 19.6 Å². The SMILES string of the molecule is CCCNC(=O)OC1CCNC1. The first-order valence-corrected chi connectivity index (χ1v) is 4.48. The Balaban J connectivity index is 2.08. The lowest BCUT2D eigenvalue weighted by Gasteiger charge is -2.10. The van der Waals surface area contributed by atoms with E-state index in [4.69, 9.17) is 4.74 Å². The second kappa shape index (κ2) is 4.98. The molecule has 0 aromatic rings. The van der Waals surface area contributed by atoms with Gasteiger partial charge in [0.15, 0.2) is 0 Å². The van der Waals surface area contributed by atoms with Gasteiger partial charge in [-0.05, 0) is 19.4 Å². The molecular formula is C8H16N2O2. The van der Waals surface area contributed by atoms with Crippen LogP contribution in [0, 0.1) is 0 Å². The van der Waals surface area contributed by atoms with Crippen molar-refractivity contribution in [2.45, 2.75) is 25.9 Å². The van der Waals surface area contributed by atoms with Crippen molar-refractivity contribution >= 4 is 6.09 Å². The molecule has 1 heterocycles. The largest absolute Gasteiger partial charge is 0.445 e. The summed E-state index contributed by atoms with van der Waals surface area (Å²) in [5.74, 6) is 0. The van der Waals surface area contributed by atoms with Crippen LogP contribution in [-0.2, 0) is 4.74 Å². The Morgan fingerprint density at radius 2 is 2.58 bits per heavy atom. The Bertz CT molecular complexity index is 144. The molecule has 0 saturated carbocycles. The Labute approximate surface area is 72.7 Å². The van der Waals surface area contributed by atoms with E-state index in [0.717, 1.165) is 25.9 Å². The summed E-state index contributed by atoms with van der Waals surface area (Å²) in [6.07, 6.45) is 1.66. The van der Waals surface area contributed by atoms with E-state index in [1.54, 1.807) is 0 Å². The molecule has 1 amide bonds. The minimum atomic E-state index is -0.287. The summed E-state index contributed by atoms with van der Waals surface area (Å²) in [5.41, 5.74) is 0. The molecule has 1 rings (SSSR count). The van der Waals surface area contributed by atoms with Crippen LogP contribution in [0.25, 0.3) is 0 Å². The molecule has 0 radical (unpaired) electrons. The fraction of sp³-hybridized carbons (Fsp3) is 0.875. The number of carbonyl (C=O) groups excluding carboxylic acids is 1. The van der Waals surface area contributed by atoms with Gasteiger partial charge in [-0.1, -0.05) is 6.92 Å². The van der Waals surface area contributed by atoms with Gasteiger partial charge in [0.25, 0.3) is 0 Å². The van der Waals surface area contributed by atoms with Crippen LogP contribution in [0.5, 0.6) is 0 Å². The highest BCUT2D eigenvalue weighted by Crippen LogP contribution is 2.02. The van der Waals surface area contributed by atoms with Gasteiger partial charge in [0.05, 0.1) is 0 Å². The second-order valence-corrected chi connectivity index (χ2v) is 2.95. The average molecular weight is 172 g/mol. The molecule has 12 heavy (non-hydrogen) atoms. The monoisotopic (exact) mass is 172 g/mol. The minimum absolute atomic E-state index is 0.0712. The van der Waals surface area contributed by atoms with E-state index in [1.165, 1.54) is 0 Å². The lowest BCUT2D eigenvalue weighted by atomic mass is 10.3. The maximum Gasteiger partial charge on any atom is 0.407 e. The zero-order valence-corrected chi connectivity index (χ0v) is 7.43. The molecule has 1 aliphatic heterocycles. The molecule has 1 aliphatic rings. The molecule has 4 nitrogen and oxygen atoms in total. The molecular weight excluding hydrogens is 156 g/mol. The van der Waals surface area contributed by atoms with Crippen LogP contribution in [-0.4, -0.2) is 31.8 Å². The van der Waals surface area contributed by atoms with Crippen LogP contribution >= 0.6 is 0 Å². The molecule has 0 aliphatic carbocycles. The van der Waals surface area contributed by atoms with E-state index < -0.39 is 0 Å². The fourth-order valence-corrected chi connectivity index (χ4v) is 1.15. The van der Waals surface area contributed by atoms with Crippen molar-refractivity contribution < 1.29 is 9.53 Å². The maximum atomic E-state index is 11.0. The third kappa shape index (κ3) is 3.09. The van der Waals surface area contributed by atoms with Crippen molar-refractivity contribution in [2.24, 2.45) is 0 Å². The second-order valence-electron chi connectivity index (χ2n) is 2.95. The first-order valence-electron chi connectivity index (χ1n) is 4.48. The normalized spacial score (nSPS) is 22.2. The molecule has 1 fully saturated rings. The predicted molar refractivity (Wildman–Crippen MR) is 46.0 cm³/mol. The average Bonchev–Trinajstić information content (AvgIpc) is 2.53. The van der Waals surface area contributed by atoms with Gasteiger partial charge in [-0.25, -0.2) is 4.79 Å². The van der Waals surface area contributed by atoms with E-state index in [9.17, 15) is 4.79 Å². The number of amides is 1. The summed E-state index contributed by atoms with van der Waals surface area (Å²) in [6, 6.07) is 0. The Morgan fingerprint density at radius 3 is 3.17 bits per heavy atom. The molecule has 1 saturated heterocycles. The molecule has 70 valence electrons. The quantitative estimate of drug-likeness (QED) is 0.651. The van der Waals surface area contributed by atoms with Crippen LogP contribution < -0.4 is 10.6 Å². The van der Waals surface area contributed by atoms with E-state index >= 15 is 0 Å². The third-order valence-electron chi connectivity index (χ3n) is 1.81. The van der Waals surface area contributed by atoms with Crippen molar-refractivity contribution in [3.63, 3.8) is 0 Å². The fourth-order valence-electron chi connectivity index (χ4n) is 1.15. The Hall–Kier alpha value is -0.770. The summed E-state index contributed by atoms with van der Waals surface area (Å²) in [6.45, 7) is 4.45. The molecule has 1 unspecified atom stereocenters. The Morgan fingerprint density at radius 1 is 1.75 bits per heavy atom. The van der Waals surface area contributed by atoms with E-state index in [-0.39, 0.29) is 12.2 Å². The topological polar surface area (TPSA) is 50.4 Å². The van der Waals surface area contributed by atoms with Gasteiger partial charge < -0.3 is 15.4 Å². The highest BCUT2D eigenvalue weighted by Gasteiger charge is 2.17. The van der Waals surface area contributed by atoms with Crippen molar-refractivity contribution in [3.05, 3.63) is 0 Å². The first kappa shape index (κ1) is 9.32. The van der Waals surface area contributed by atoms with Crippen LogP contribution in [0.15, 0.2) is 0 Å². The highest BCUT2D eigenvalue weighted by molar-refractivity contribution is 5.67. The summed E-state index contributed by atoms with van der Waals surface area (Å²) >= 11 is 0. The van der Waals surface area contributed by atoms with E-state index in [2.05, 4.69) is 10.6 Å². The lowest BCUT2D eigenvalue weighted by Crippen LogP contribution is -2.30. The van der Waals surface area contributed by atoms with Crippen LogP contribution in [0.3, 0.4) is 0 Å². The van der Waals surface area contributed by atoms with E-state index in [0.29, 0.717) is 6.54 Å². The lowest BCUT2D eigenvalue weighted by molar-refractivity contribution is 0.107. The molecule has 0 aromatic carbocycles. The standard InChI is InChI=1S/C8H16N2O2/c1-2-4-10-8(11)12-7-3-5-9-6-7/h7,9H,2-6H2,1H3,(H,10,11). The first-order chi connectivity index (χ1) is 5.83. The van der Waals surface area contributed by atoms with Gasteiger partial charge in [-0.3, -0.25) is 0 Å². The maximum absolute atomic E-state index is 11.0. The van der Waals surface area contributed by atoms with Crippen LogP contribution in [0.2, 0.25) is 0 Å². The van der Waals surface area contributed by atoms with Crippen molar-refractivity contribution in [1.29, 1.82) is 0 Å². The van der Waals surface area contributed by atoms with Gasteiger partial charge in [0.1, 0.15) is 6.10 Å². The zero-order chi connectivity index (χ0) is 8.81. The summed E-state index contributed by atoms with van der Waals surface area (Å²) in [7, 11) is 0. The van der Waals surface area contributed by atoms with Gasteiger partial charge >= 0.3 is 6.09 Å². The highest BCUT2D eigenvalue weighted by atomic mass is 16.6. The molecule has 0 aromatic heterocycles. The smallest absolute Gasteiger partial charge is 0.407 e. The van der Waals surface area contributed by atoms with Gasteiger partial charge in [0, 0.05) is 13.1 Å². The van der Waals surface area contributed by atoms with Crippen molar-refractivity contribution in [1.82, 2.24) is 10.6 Å². The third-order valence-corrected chi connectivity index (χ3v) is 1.81. The van der Waals surface area contributed by atoms with Gasteiger partial charge in [-0.2, -0.15) is 0 Å². The summed E-state index contributed by atoms with van der Waals surface area (Å²) in [4.78, 5) is 11.0. The number of ether oxygens (including phenoxy) is 1. The molecule has 0 bridgehead atoms. The molecule has 2 N–H and O–H groups in total. The van der Waals surface area contributed by atoms with Crippen LogP contribution in [0.4, 0.5) is 4.79 Å². The number of alkyl carbamates (subject to hydrolysis) is 1. The van der Waals surface area contributed by atoms with Crippen molar-refractivity contribution in [3.8, 4) is 0 Å². The van der Waals surface area contributed by atoms with Gasteiger partial charge in [-0.15, -0.1) is 0 Å². The van der Waals surface area contributed by atoms with E-state index in [1.807, 2.05) is 6.92 Å². The molecule has 4 heteroatoms. The number of carbonyl (C=O) groups is 1. The van der Waals surface area contributed by atoms with Crippen LogP contribution in [0.1, 0.15) is 19.8 Å². The number of rotatable bonds is 3. The van der Waals surface area contributed by atoms with Gasteiger partial charge in [0.2, 0.25) is 0 Å². The summed E-state index contributed by atoms with van der Waals surface area (Å²) in [5, 5.41) is 5.80. The minimum Gasteiger partial charge on any atom is -0.445 e.